The number of rotatable bonds is 4. The SMILES string of the molecule is [2H]c1c([2H])c([2H])c2c(oc3c([2H])c(-c4nc(-c5ccccc5)nc(-c5ccc6sc7ccccc7c6c5)n4)c([2H])c([2H])c32)c1-c1ccc2c(c1)sc1ccccc12. The monoisotopic (exact) mass is 693 g/mol. The summed E-state index contributed by atoms with van der Waals surface area (Å²) >= 11 is 3.33. The molecule has 0 aliphatic carbocycles. The Hall–Kier alpha value is -6.21. The predicted octanol–water partition coefficient (Wildman–Crippen LogP) is 13.2. The van der Waals surface area contributed by atoms with E-state index in [4.69, 9.17) is 23.5 Å². The molecule has 0 amide bonds. The quantitative estimate of drug-likeness (QED) is 0.184. The molecule has 7 aromatic carbocycles. The van der Waals surface area contributed by atoms with Crippen LogP contribution >= 0.6 is 22.7 Å². The third kappa shape index (κ3) is 4.61. The van der Waals surface area contributed by atoms with E-state index in [1.165, 1.54) is 4.70 Å². The maximum atomic E-state index is 9.55. The first-order chi connectivity index (χ1) is 27.7. The molecule has 0 aliphatic rings. The van der Waals surface area contributed by atoms with Gasteiger partial charge in [-0.15, -0.1) is 22.7 Å². The molecule has 0 aliphatic heterocycles. The van der Waals surface area contributed by atoms with Crippen LogP contribution in [0.1, 0.15) is 8.22 Å². The zero-order valence-corrected chi connectivity index (χ0v) is 28.2. The molecule has 0 spiro atoms. The van der Waals surface area contributed by atoms with Crippen LogP contribution in [0.15, 0.2) is 156 Å². The molecular weight excluding hydrogens is 663 g/mol. The molecule has 238 valence electrons. The van der Waals surface area contributed by atoms with Crippen LogP contribution in [0.3, 0.4) is 0 Å². The Balaban J connectivity index is 1.16. The lowest BCUT2D eigenvalue weighted by atomic mass is 10.0. The molecule has 0 saturated carbocycles. The Kier molecular flexibility index (Phi) is 5.08. The molecule has 0 bridgehead atoms. The van der Waals surface area contributed by atoms with Crippen LogP contribution in [-0.2, 0) is 0 Å². The summed E-state index contributed by atoms with van der Waals surface area (Å²) in [6, 6.07) is 36.0. The van der Waals surface area contributed by atoms with Crippen LogP contribution in [0, 0.1) is 0 Å². The second-order valence-corrected chi connectivity index (χ2v) is 14.5. The normalized spacial score (nSPS) is 13.6. The summed E-state index contributed by atoms with van der Waals surface area (Å²) in [4.78, 5) is 14.6. The van der Waals surface area contributed by atoms with E-state index in [2.05, 4.69) is 24.3 Å². The molecule has 0 saturated heterocycles. The highest BCUT2D eigenvalue weighted by Crippen LogP contribution is 2.41. The maximum Gasteiger partial charge on any atom is 0.164 e. The number of benzene rings is 7. The van der Waals surface area contributed by atoms with Crippen LogP contribution in [0.4, 0.5) is 0 Å². The summed E-state index contributed by atoms with van der Waals surface area (Å²) in [6.07, 6.45) is 0. The summed E-state index contributed by atoms with van der Waals surface area (Å²) in [5, 5.41) is 4.56. The summed E-state index contributed by atoms with van der Waals surface area (Å²) in [7, 11) is 0. The Morgan fingerprint density at radius 3 is 1.92 bits per heavy atom. The van der Waals surface area contributed by atoms with Gasteiger partial charge in [-0.1, -0.05) is 103 Å². The molecule has 4 nitrogen and oxygen atoms in total. The highest BCUT2D eigenvalue weighted by molar-refractivity contribution is 7.26. The topological polar surface area (TPSA) is 51.8 Å². The van der Waals surface area contributed by atoms with Crippen molar-refractivity contribution < 1.29 is 12.6 Å². The van der Waals surface area contributed by atoms with Gasteiger partial charge in [0.1, 0.15) is 11.2 Å². The van der Waals surface area contributed by atoms with E-state index >= 15 is 0 Å². The van der Waals surface area contributed by atoms with Gasteiger partial charge in [0.05, 0.1) is 8.22 Å². The smallest absolute Gasteiger partial charge is 0.164 e. The van der Waals surface area contributed by atoms with E-state index in [1.54, 1.807) is 22.7 Å². The second kappa shape index (κ2) is 11.2. The van der Waals surface area contributed by atoms with E-state index in [-0.39, 0.29) is 69.6 Å². The third-order valence-corrected chi connectivity index (χ3v) is 11.5. The lowest BCUT2D eigenvalue weighted by Gasteiger charge is -2.08. The average Bonchev–Trinajstić information content (AvgIpc) is 3.94. The fourth-order valence-electron chi connectivity index (χ4n) is 6.81. The summed E-state index contributed by atoms with van der Waals surface area (Å²) in [6.45, 7) is 0. The van der Waals surface area contributed by atoms with Gasteiger partial charge < -0.3 is 4.42 Å². The maximum absolute atomic E-state index is 9.55. The fraction of sp³-hybridized carbons (Fsp3) is 0. The van der Waals surface area contributed by atoms with Crippen molar-refractivity contribution in [2.75, 3.05) is 0 Å². The lowest BCUT2D eigenvalue weighted by Crippen LogP contribution is -2.00. The van der Waals surface area contributed by atoms with Crippen molar-refractivity contribution in [1.29, 1.82) is 0 Å². The minimum atomic E-state index is -0.330. The standard InChI is InChI=1S/C45H25N3OS2/c1-2-9-26(10-3-1)43-46-44(28-19-22-40-36(23-28)33-12-5-7-16-39(33)50-40)48-45(47-43)29-18-20-31-35-14-8-13-30(42(35)49-37(31)24-29)27-17-21-34-32-11-4-6-15-38(32)51-41(34)25-27/h1-25H/i8D,13D,14D,18D,20D,24D. The van der Waals surface area contributed by atoms with Crippen molar-refractivity contribution in [2.45, 2.75) is 0 Å². The van der Waals surface area contributed by atoms with Gasteiger partial charge in [-0.05, 0) is 54.0 Å². The van der Waals surface area contributed by atoms with E-state index < -0.39 is 0 Å². The fourth-order valence-corrected chi connectivity index (χ4v) is 9.04. The lowest BCUT2D eigenvalue weighted by molar-refractivity contribution is 0.670. The minimum Gasteiger partial charge on any atom is -0.455 e. The number of thiophene rings is 2. The van der Waals surface area contributed by atoms with Crippen molar-refractivity contribution in [3.63, 3.8) is 0 Å². The zero-order valence-electron chi connectivity index (χ0n) is 32.5. The van der Waals surface area contributed by atoms with Gasteiger partial charge in [0.25, 0.3) is 0 Å². The van der Waals surface area contributed by atoms with Gasteiger partial charge in [0, 0.05) is 73.4 Å². The highest BCUT2D eigenvalue weighted by atomic mass is 32.1. The summed E-state index contributed by atoms with van der Waals surface area (Å²) < 4.78 is 66.0. The first kappa shape index (κ1) is 23.2. The van der Waals surface area contributed by atoms with E-state index in [9.17, 15) is 4.11 Å². The van der Waals surface area contributed by atoms with E-state index in [0.717, 1.165) is 41.2 Å². The van der Waals surface area contributed by atoms with Crippen LogP contribution in [0.25, 0.3) is 108 Å². The van der Waals surface area contributed by atoms with Crippen LogP contribution in [0.5, 0.6) is 0 Å². The van der Waals surface area contributed by atoms with Crippen molar-refractivity contribution in [3.05, 3.63) is 152 Å². The Morgan fingerprint density at radius 2 is 1.10 bits per heavy atom. The largest absolute Gasteiger partial charge is 0.455 e. The van der Waals surface area contributed by atoms with Crippen LogP contribution in [0.2, 0.25) is 0 Å². The van der Waals surface area contributed by atoms with Crippen molar-refractivity contribution in [3.8, 4) is 45.3 Å². The Labute approximate surface area is 308 Å². The van der Waals surface area contributed by atoms with Gasteiger partial charge in [-0.2, -0.15) is 0 Å². The van der Waals surface area contributed by atoms with E-state index in [0.29, 0.717) is 28.3 Å². The molecule has 0 unspecified atom stereocenters. The van der Waals surface area contributed by atoms with Crippen molar-refractivity contribution in [1.82, 2.24) is 15.0 Å². The van der Waals surface area contributed by atoms with Gasteiger partial charge in [-0.3, -0.25) is 0 Å². The van der Waals surface area contributed by atoms with Gasteiger partial charge in [-0.25, -0.2) is 15.0 Å². The molecule has 51 heavy (non-hydrogen) atoms. The van der Waals surface area contributed by atoms with Gasteiger partial charge in [0.15, 0.2) is 17.5 Å². The highest BCUT2D eigenvalue weighted by Gasteiger charge is 2.18. The number of furan rings is 1. The summed E-state index contributed by atoms with van der Waals surface area (Å²) in [5.41, 5.74) is 2.40. The van der Waals surface area contributed by atoms with Gasteiger partial charge >= 0.3 is 0 Å². The molecule has 11 aromatic rings. The van der Waals surface area contributed by atoms with Gasteiger partial charge in [0.2, 0.25) is 0 Å². The number of fused-ring (bicyclic) bond motifs is 9. The molecule has 11 rings (SSSR count). The zero-order chi connectivity index (χ0) is 38.7. The molecule has 6 heteroatoms. The first-order valence-corrected chi connectivity index (χ1v) is 18.0. The number of nitrogens with zero attached hydrogens (tertiary/aromatic N) is 3. The number of hydrogen-bond donors (Lipinski definition) is 0. The first-order valence-electron chi connectivity index (χ1n) is 19.4. The molecular formula is C45H25N3OS2. The Morgan fingerprint density at radius 1 is 0.451 bits per heavy atom. The number of hydrogen-bond acceptors (Lipinski definition) is 6. The molecule has 0 fully saturated rings. The van der Waals surface area contributed by atoms with Crippen molar-refractivity contribution >= 4 is 85.0 Å². The van der Waals surface area contributed by atoms with Crippen molar-refractivity contribution in [2.24, 2.45) is 0 Å². The number of aromatic nitrogens is 3. The molecule has 0 radical (unpaired) electrons. The molecule has 4 heterocycles. The third-order valence-electron chi connectivity index (χ3n) is 9.25. The molecule has 0 atom stereocenters. The Bertz CT molecular complexity index is 3510. The molecule has 4 aromatic heterocycles. The summed E-state index contributed by atoms with van der Waals surface area (Å²) in [5.74, 6) is 0.714. The minimum absolute atomic E-state index is 0.0218. The van der Waals surface area contributed by atoms with Crippen LogP contribution in [-0.4, -0.2) is 15.0 Å². The van der Waals surface area contributed by atoms with Crippen LogP contribution < -0.4 is 0 Å². The predicted molar refractivity (Wildman–Crippen MR) is 215 cm³/mol. The average molecular weight is 694 g/mol. The molecule has 0 N–H and O–H groups in total. The number of para-hydroxylation sites is 1. The second-order valence-electron chi connectivity index (χ2n) is 12.3. The van der Waals surface area contributed by atoms with E-state index in [1.807, 2.05) is 91.0 Å².